The number of carbonyl (C=O) groups excluding carboxylic acids is 1. The van der Waals surface area contributed by atoms with Crippen molar-refractivity contribution in [2.45, 2.75) is 25.3 Å². The van der Waals surface area contributed by atoms with Gasteiger partial charge in [0.1, 0.15) is 6.61 Å². The van der Waals surface area contributed by atoms with Crippen LogP contribution in [0.15, 0.2) is 24.3 Å². The smallest absolute Gasteiger partial charge is 0.237 e. The van der Waals surface area contributed by atoms with Crippen LogP contribution in [0, 0.1) is 5.82 Å². The van der Waals surface area contributed by atoms with Gasteiger partial charge in [0.25, 0.3) is 0 Å². The first-order valence-corrected chi connectivity index (χ1v) is 6.66. The summed E-state index contributed by atoms with van der Waals surface area (Å²) in [6.07, 6.45) is 3.08. The quantitative estimate of drug-likeness (QED) is 0.793. The molecule has 1 aromatic carbocycles. The minimum absolute atomic E-state index is 0.00293. The molecule has 1 amide bonds. The lowest BCUT2D eigenvalue weighted by Gasteiger charge is -2.22. The van der Waals surface area contributed by atoms with Gasteiger partial charge in [-0.05, 0) is 31.5 Å². The van der Waals surface area contributed by atoms with E-state index in [9.17, 15) is 9.18 Å². The van der Waals surface area contributed by atoms with Crippen LogP contribution in [-0.4, -0.2) is 31.6 Å². The van der Waals surface area contributed by atoms with E-state index >= 15 is 0 Å². The summed E-state index contributed by atoms with van der Waals surface area (Å²) < 4.78 is 18.5. The summed E-state index contributed by atoms with van der Waals surface area (Å²) in [5.74, 6) is -0.174. The molecule has 0 radical (unpaired) electrons. The summed E-state index contributed by atoms with van der Waals surface area (Å²) in [5, 5.41) is 5.97. The first-order valence-electron chi connectivity index (χ1n) is 6.66. The van der Waals surface area contributed by atoms with E-state index in [2.05, 4.69) is 10.6 Å². The van der Waals surface area contributed by atoms with E-state index in [-0.39, 0.29) is 30.1 Å². The molecular formula is C14H19FN2O2. The Morgan fingerprint density at radius 3 is 3.00 bits per heavy atom. The van der Waals surface area contributed by atoms with E-state index in [1.165, 1.54) is 6.07 Å². The van der Waals surface area contributed by atoms with Crippen molar-refractivity contribution < 1.29 is 13.9 Å². The summed E-state index contributed by atoms with van der Waals surface area (Å²) in [6, 6.07) is 6.14. The van der Waals surface area contributed by atoms with Gasteiger partial charge < -0.3 is 15.4 Å². The lowest BCUT2D eigenvalue weighted by atomic mass is 10.0. The maximum Gasteiger partial charge on any atom is 0.237 e. The second-order valence-corrected chi connectivity index (χ2v) is 4.57. The van der Waals surface area contributed by atoms with Crippen LogP contribution in [0.2, 0.25) is 0 Å². The van der Waals surface area contributed by atoms with Crippen molar-refractivity contribution in [1.29, 1.82) is 0 Å². The Bertz CT molecular complexity index is 420. The number of hydrogen-bond acceptors (Lipinski definition) is 3. The average Bonchev–Trinajstić information content (AvgIpc) is 2.46. The largest absolute Gasteiger partial charge is 0.489 e. The van der Waals surface area contributed by atoms with E-state index in [1.54, 1.807) is 18.2 Å². The summed E-state index contributed by atoms with van der Waals surface area (Å²) in [6.45, 7) is 1.54. The Balaban J connectivity index is 1.66. The van der Waals surface area contributed by atoms with E-state index in [4.69, 9.17) is 4.74 Å². The molecule has 0 spiro atoms. The van der Waals surface area contributed by atoms with Crippen LogP contribution in [0.1, 0.15) is 19.3 Å². The highest BCUT2D eigenvalue weighted by molar-refractivity contribution is 5.81. The molecule has 1 saturated heterocycles. The standard InChI is InChI=1S/C14H19FN2O2/c15-11-5-1-2-7-13(11)19-10-9-17-14(18)12-6-3-4-8-16-12/h1-2,5,7,12,16H,3-4,6,8-10H2,(H,17,18). The Morgan fingerprint density at radius 1 is 1.42 bits per heavy atom. The number of benzene rings is 1. The molecule has 0 saturated carbocycles. The van der Waals surface area contributed by atoms with Crippen molar-refractivity contribution in [1.82, 2.24) is 10.6 Å². The first kappa shape index (κ1) is 13.8. The van der Waals surface area contributed by atoms with Crippen molar-refractivity contribution >= 4 is 5.91 Å². The van der Waals surface area contributed by atoms with Crippen LogP contribution in [0.25, 0.3) is 0 Å². The van der Waals surface area contributed by atoms with Crippen LogP contribution in [-0.2, 0) is 4.79 Å². The SMILES string of the molecule is O=C(NCCOc1ccccc1F)C1CCCCN1. The highest BCUT2D eigenvalue weighted by Crippen LogP contribution is 2.14. The molecule has 0 bridgehead atoms. The van der Waals surface area contributed by atoms with Crippen molar-refractivity contribution in [3.63, 3.8) is 0 Å². The Kier molecular flexibility index (Phi) is 5.15. The van der Waals surface area contributed by atoms with Gasteiger partial charge in [-0.3, -0.25) is 4.79 Å². The molecular weight excluding hydrogens is 247 g/mol. The molecule has 0 aromatic heterocycles. The third-order valence-corrected chi connectivity index (χ3v) is 3.12. The van der Waals surface area contributed by atoms with E-state index < -0.39 is 0 Å². The van der Waals surface area contributed by atoms with Gasteiger partial charge in [-0.2, -0.15) is 0 Å². The predicted molar refractivity (Wildman–Crippen MR) is 70.5 cm³/mol. The van der Waals surface area contributed by atoms with Gasteiger partial charge >= 0.3 is 0 Å². The number of hydrogen-bond donors (Lipinski definition) is 2. The molecule has 104 valence electrons. The van der Waals surface area contributed by atoms with Gasteiger partial charge in [0.2, 0.25) is 5.91 Å². The summed E-state index contributed by atoms with van der Waals surface area (Å²) in [4.78, 5) is 11.8. The predicted octanol–water partition coefficient (Wildman–Crippen LogP) is 1.46. The van der Waals surface area contributed by atoms with Gasteiger partial charge in [-0.15, -0.1) is 0 Å². The van der Waals surface area contributed by atoms with Gasteiger partial charge in [0.15, 0.2) is 11.6 Å². The second-order valence-electron chi connectivity index (χ2n) is 4.57. The fourth-order valence-electron chi connectivity index (χ4n) is 2.10. The van der Waals surface area contributed by atoms with Gasteiger partial charge in [-0.1, -0.05) is 18.6 Å². The fourth-order valence-corrected chi connectivity index (χ4v) is 2.10. The molecule has 19 heavy (non-hydrogen) atoms. The molecule has 1 aliphatic rings. The van der Waals surface area contributed by atoms with Crippen molar-refractivity contribution in [2.75, 3.05) is 19.7 Å². The van der Waals surface area contributed by atoms with Gasteiger partial charge in [0.05, 0.1) is 12.6 Å². The van der Waals surface area contributed by atoms with Gasteiger partial charge in [0, 0.05) is 0 Å². The highest BCUT2D eigenvalue weighted by atomic mass is 19.1. The van der Waals surface area contributed by atoms with E-state index in [1.807, 2.05) is 0 Å². The Labute approximate surface area is 112 Å². The molecule has 2 rings (SSSR count). The lowest BCUT2D eigenvalue weighted by Crippen LogP contribution is -2.47. The van der Waals surface area contributed by atoms with Crippen molar-refractivity contribution in [3.8, 4) is 5.75 Å². The molecule has 1 unspecified atom stereocenters. The Morgan fingerprint density at radius 2 is 2.26 bits per heavy atom. The third kappa shape index (κ3) is 4.21. The molecule has 1 fully saturated rings. The normalized spacial score (nSPS) is 18.9. The van der Waals surface area contributed by atoms with Crippen LogP contribution in [0.3, 0.4) is 0 Å². The van der Waals surface area contributed by atoms with Crippen LogP contribution in [0.4, 0.5) is 4.39 Å². The number of carbonyl (C=O) groups is 1. The van der Waals surface area contributed by atoms with Gasteiger partial charge in [-0.25, -0.2) is 4.39 Å². The van der Waals surface area contributed by atoms with Crippen molar-refractivity contribution in [3.05, 3.63) is 30.1 Å². The molecule has 1 heterocycles. The number of halogens is 1. The number of para-hydroxylation sites is 1. The molecule has 1 atom stereocenters. The molecule has 4 nitrogen and oxygen atoms in total. The second kappa shape index (κ2) is 7.09. The minimum Gasteiger partial charge on any atom is -0.489 e. The number of piperidine rings is 1. The monoisotopic (exact) mass is 266 g/mol. The summed E-state index contributed by atoms with van der Waals surface area (Å²) in [5.41, 5.74) is 0. The number of amides is 1. The highest BCUT2D eigenvalue weighted by Gasteiger charge is 2.19. The molecule has 5 heteroatoms. The summed E-state index contributed by atoms with van der Waals surface area (Å²) >= 11 is 0. The zero-order chi connectivity index (χ0) is 13.5. The van der Waals surface area contributed by atoms with E-state index in [0.29, 0.717) is 6.54 Å². The summed E-state index contributed by atoms with van der Waals surface area (Å²) in [7, 11) is 0. The van der Waals surface area contributed by atoms with Crippen LogP contribution >= 0.6 is 0 Å². The molecule has 1 aliphatic heterocycles. The average molecular weight is 266 g/mol. The number of rotatable bonds is 5. The Hall–Kier alpha value is -1.62. The number of nitrogens with one attached hydrogen (secondary N) is 2. The van der Waals surface area contributed by atoms with Crippen LogP contribution in [0.5, 0.6) is 5.75 Å². The zero-order valence-electron chi connectivity index (χ0n) is 10.8. The first-order chi connectivity index (χ1) is 9.27. The van der Waals surface area contributed by atoms with Crippen molar-refractivity contribution in [2.24, 2.45) is 0 Å². The topological polar surface area (TPSA) is 50.4 Å². The maximum atomic E-state index is 13.2. The van der Waals surface area contributed by atoms with Crippen LogP contribution < -0.4 is 15.4 Å². The third-order valence-electron chi connectivity index (χ3n) is 3.12. The molecule has 0 aliphatic carbocycles. The molecule has 1 aromatic rings. The zero-order valence-corrected chi connectivity index (χ0v) is 10.8. The van der Waals surface area contributed by atoms with E-state index in [0.717, 1.165) is 25.8 Å². The number of ether oxygens (including phenoxy) is 1. The maximum absolute atomic E-state index is 13.2. The molecule has 2 N–H and O–H groups in total. The lowest BCUT2D eigenvalue weighted by molar-refractivity contribution is -0.123. The fraction of sp³-hybridized carbons (Fsp3) is 0.500. The minimum atomic E-state index is -0.386.